The average Bonchev–Trinajstić information content (AvgIpc) is 2.67. The number of rotatable bonds is 3. The Morgan fingerprint density at radius 2 is 2.27 bits per heavy atom. The van der Waals surface area contributed by atoms with Gasteiger partial charge >= 0.3 is 0 Å². The molecule has 0 aromatic rings. The first-order valence-corrected chi connectivity index (χ1v) is 7.04. The molecule has 3 nitrogen and oxygen atoms in total. The van der Waals surface area contributed by atoms with E-state index in [4.69, 9.17) is 0 Å². The van der Waals surface area contributed by atoms with Gasteiger partial charge in [0.15, 0.2) is 0 Å². The van der Waals surface area contributed by atoms with E-state index in [0.717, 1.165) is 37.6 Å². The normalized spacial score (nSPS) is 32.4. The third-order valence-corrected chi connectivity index (χ3v) is 4.55. The number of thioether (sulfide) groups is 1. The minimum absolute atomic E-state index is 0.0636. The van der Waals surface area contributed by atoms with Crippen molar-refractivity contribution in [1.29, 1.82) is 0 Å². The molecule has 2 rings (SSSR count). The highest BCUT2D eigenvalue weighted by Crippen LogP contribution is 2.25. The summed E-state index contributed by atoms with van der Waals surface area (Å²) in [7, 11) is 0. The lowest BCUT2D eigenvalue weighted by Crippen LogP contribution is -2.44. The molecule has 0 aromatic heterocycles. The average molecular weight is 228 g/mol. The molecule has 0 aromatic carbocycles. The number of hydrogen-bond acceptors (Lipinski definition) is 3. The maximum atomic E-state index is 11.6. The molecule has 15 heavy (non-hydrogen) atoms. The zero-order chi connectivity index (χ0) is 10.5. The molecule has 0 spiro atoms. The van der Waals surface area contributed by atoms with Crippen LogP contribution in [0.4, 0.5) is 0 Å². The number of carbonyl (C=O) groups excluding carboxylic acids is 1. The molecule has 2 aliphatic rings. The highest BCUT2D eigenvalue weighted by Gasteiger charge is 2.22. The Morgan fingerprint density at radius 3 is 3.07 bits per heavy atom. The SMILES string of the molecule is O=C1NCCCCC1NCC1CCCS1. The minimum Gasteiger partial charge on any atom is -0.355 e. The molecule has 2 saturated heterocycles. The number of carbonyl (C=O) groups is 1. The minimum atomic E-state index is 0.0636. The van der Waals surface area contributed by atoms with E-state index in [1.54, 1.807) is 0 Å². The van der Waals surface area contributed by atoms with Gasteiger partial charge in [0.2, 0.25) is 5.91 Å². The van der Waals surface area contributed by atoms with Crippen molar-refractivity contribution in [3.8, 4) is 0 Å². The Bertz CT molecular complexity index is 217. The maximum absolute atomic E-state index is 11.6. The van der Waals surface area contributed by atoms with Crippen LogP contribution in [0.25, 0.3) is 0 Å². The molecule has 0 bridgehead atoms. The Morgan fingerprint density at radius 1 is 1.33 bits per heavy atom. The summed E-state index contributed by atoms with van der Waals surface area (Å²) in [5.41, 5.74) is 0. The molecular formula is C11H20N2OS. The van der Waals surface area contributed by atoms with Gasteiger partial charge in [0, 0.05) is 18.3 Å². The van der Waals surface area contributed by atoms with Gasteiger partial charge in [0.25, 0.3) is 0 Å². The second-order valence-corrected chi connectivity index (χ2v) is 5.79. The molecule has 2 unspecified atom stereocenters. The van der Waals surface area contributed by atoms with Crippen molar-refractivity contribution < 1.29 is 4.79 Å². The van der Waals surface area contributed by atoms with Crippen LogP contribution < -0.4 is 10.6 Å². The van der Waals surface area contributed by atoms with Crippen molar-refractivity contribution in [3.05, 3.63) is 0 Å². The lowest BCUT2D eigenvalue weighted by Gasteiger charge is -2.17. The van der Waals surface area contributed by atoms with E-state index >= 15 is 0 Å². The fourth-order valence-electron chi connectivity index (χ4n) is 2.21. The lowest BCUT2D eigenvalue weighted by molar-refractivity contribution is -0.122. The summed E-state index contributed by atoms with van der Waals surface area (Å²) in [6, 6.07) is 0.0636. The summed E-state index contributed by atoms with van der Waals surface area (Å²) in [5, 5.41) is 7.12. The van der Waals surface area contributed by atoms with Crippen LogP contribution in [-0.2, 0) is 4.79 Å². The van der Waals surface area contributed by atoms with E-state index in [0.29, 0.717) is 0 Å². The van der Waals surface area contributed by atoms with E-state index in [1.807, 2.05) is 11.8 Å². The summed E-state index contributed by atoms with van der Waals surface area (Å²) in [6.45, 7) is 1.86. The Kier molecular flexibility index (Phi) is 4.32. The van der Waals surface area contributed by atoms with Gasteiger partial charge in [-0.2, -0.15) is 11.8 Å². The van der Waals surface area contributed by atoms with E-state index < -0.39 is 0 Å². The third kappa shape index (κ3) is 3.38. The Hall–Kier alpha value is -0.220. The first kappa shape index (κ1) is 11.3. The summed E-state index contributed by atoms with van der Waals surface area (Å²) in [6.07, 6.45) is 5.94. The van der Waals surface area contributed by atoms with Crippen LogP contribution in [0.2, 0.25) is 0 Å². The molecule has 1 amide bonds. The van der Waals surface area contributed by atoms with Crippen molar-refractivity contribution in [3.63, 3.8) is 0 Å². The van der Waals surface area contributed by atoms with Gasteiger partial charge in [-0.05, 0) is 37.9 Å². The predicted octanol–water partition coefficient (Wildman–Crippen LogP) is 1.14. The van der Waals surface area contributed by atoms with Crippen LogP contribution in [0.1, 0.15) is 32.1 Å². The highest BCUT2D eigenvalue weighted by molar-refractivity contribution is 8.00. The molecule has 2 heterocycles. The van der Waals surface area contributed by atoms with Crippen molar-refractivity contribution in [1.82, 2.24) is 10.6 Å². The quantitative estimate of drug-likeness (QED) is 0.761. The fraction of sp³-hybridized carbons (Fsp3) is 0.909. The molecule has 0 radical (unpaired) electrons. The second-order valence-electron chi connectivity index (χ2n) is 4.38. The zero-order valence-electron chi connectivity index (χ0n) is 9.13. The van der Waals surface area contributed by atoms with E-state index in [2.05, 4.69) is 10.6 Å². The number of nitrogens with one attached hydrogen (secondary N) is 2. The van der Waals surface area contributed by atoms with Gasteiger partial charge in [-0.1, -0.05) is 0 Å². The number of hydrogen-bond donors (Lipinski definition) is 2. The zero-order valence-corrected chi connectivity index (χ0v) is 9.94. The summed E-state index contributed by atoms with van der Waals surface area (Å²) in [4.78, 5) is 11.6. The molecular weight excluding hydrogens is 208 g/mol. The van der Waals surface area contributed by atoms with E-state index in [-0.39, 0.29) is 11.9 Å². The van der Waals surface area contributed by atoms with Gasteiger partial charge in [-0.25, -0.2) is 0 Å². The van der Waals surface area contributed by atoms with E-state index in [1.165, 1.54) is 18.6 Å². The number of amides is 1. The third-order valence-electron chi connectivity index (χ3n) is 3.15. The van der Waals surface area contributed by atoms with Crippen molar-refractivity contribution in [2.24, 2.45) is 0 Å². The first-order chi connectivity index (χ1) is 7.36. The van der Waals surface area contributed by atoms with E-state index in [9.17, 15) is 4.79 Å². The molecule has 0 saturated carbocycles. The summed E-state index contributed by atoms with van der Waals surface area (Å²) in [5.74, 6) is 1.50. The molecule has 0 aliphatic carbocycles. The Labute approximate surface area is 95.8 Å². The van der Waals surface area contributed by atoms with Crippen LogP contribution in [0.15, 0.2) is 0 Å². The molecule has 2 aliphatic heterocycles. The van der Waals surface area contributed by atoms with Crippen molar-refractivity contribution in [2.45, 2.75) is 43.4 Å². The molecule has 4 heteroatoms. The predicted molar refractivity (Wildman–Crippen MR) is 64.1 cm³/mol. The topological polar surface area (TPSA) is 41.1 Å². The second kappa shape index (κ2) is 5.75. The van der Waals surface area contributed by atoms with Crippen molar-refractivity contribution in [2.75, 3.05) is 18.8 Å². The summed E-state index contributed by atoms with van der Waals surface area (Å²) >= 11 is 2.04. The van der Waals surface area contributed by atoms with Crippen LogP contribution in [0.3, 0.4) is 0 Å². The van der Waals surface area contributed by atoms with Gasteiger partial charge in [-0.3, -0.25) is 4.79 Å². The molecule has 2 fully saturated rings. The summed E-state index contributed by atoms with van der Waals surface area (Å²) < 4.78 is 0. The van der Waals surface area contributed by atoms with Crippen LogP contribution in [0, 0.1) is 0 Å². The highest BCUT2D eigenvalue weighted by atomic mass is 32.2. The van der Waals surface area contributed by atoms with Gasteiger partial charge in [-0.15, -0.1) is 0 Å². The fourth-order valence-corrected chi connectivity index (χ4v) is 3.43. The van der Waals surface area contributed by atoms with Gasteiger partial charge in [0.05, 0.1) is 6.04 Å². The smallest absolute Gasteiger partial charge is 0.237 e. The molecule has 86 valence electrons. The lowest BCUT2D eigenvalue weighted by atomic mass is 10.1. The molecule has 2 atom stereocenters. The van der Waals surface area contributed by atoms with Gasteiger partial charge in [0.1, 0.15) is 0 Å². The molecule has 2 N–H and O–H groups in total. The standard InChI is InChI=1S/C11H20N2OS/c14-11-10(5-1-2-6-12-11)13-8-9-4-3-7-15-9/h9-10,13H,1-8H2,(H,12,14). The van der Waals surface area contributed by atoms with Crippen LogP contribution in [0.5, 0.6) is 0 Å². The van der Waals surface area contributed by atoms with Crippen molar-refractivity contribution >= 4 is 17.7 Å². The monoisotopic (exact) mass is 228 g/mol. The van der Waals surface area contributed by atoms with Gasteiger partial charge < -0.3 is 10.6 Å². The van der Waals surface area contributed by atoms with Crippen LogP contribution >= 0.6 is 11.8 Å². The van der Waals surface area contributed by atoms with Crippen LogP contribution in [-0.4, -0.2) is 36.0 Å². The Balaban J connectivity index is 1.73. The largest absolute Gasteiger partial charge is 0.355 e. The maximum Gasteiger partial charge on any atom is 0.237 e. The first-order valence-electron chi connectivity index (χ1n) is 5.99.